The van der Waals surface area contributed by atoms with Gasteiger partial charge in [-0.3, -0.25) is 4.79 Å². The van der Waals surface area contributed by atoms with E-state index in [9.17, 15) is 4.79 Å². The predicted molar refractivity (Wildman–Crippen MR) is 100.0 cm³/mol. The van der Waals surface area contributed by atoms with Gasteiger partial charge in [-0.15, -0.1) is 11.3 Å². The number of hydrogen-bond acceptors (Lipinski definition) is 2. The largest absolute Gasteiger partial charge is 0.361 e. The Morgan fingerprint density at radius 3 is 2.87 bits per heavy atom. The van der Waals surface area contributed by atoms with Gasteiger partial charge in [0.05, 0.1) is 3.79 Å². The summed E-state index contributed by atoms with van der Waals surface area (Å²) in [4.78, 5) is 16.5. The van der Waals surface area contributed by atoms with Gasteiger partial charge in [-0.1, -0.05) is 18.2 Å². The first kappa shape index (κ1) is 16.3. The van der Waals surface area contributed by atoms with Crippen molar-refractivity contribution in [3.63, 3.8) is 0 Å². The molecular weight excluding hydrogens is 372 g/mol. The number of fused-ring (bicyclic) bond motifs is 1. The molecule has 0 unspecified atom stereocenters. The minimum Gasteiger partial charge on any atom is -0.361 e. The number of benzene rings is 1. The fourth-order valence-electron chi connectivity index (χ4n) is 2.67. The van der Waals surface area contributed by atoms with Crippen LogP contribution in [-0.2, 0) is 17.6 Å². The number of thiophene rings is 1. The van der Waals surface area contributed by atoms with Crippen molar-refractivity contribution >= 4 is 44.1 Å². The van der Waals surface area contributed by atoms with Crippen LogP contribution in [0.4, 0.5) is 0 Å². The number of H-pyrrole nitrogens is 1. The molecule has 0 bridgehead atoms. The van der Waals surface area contributed by atoms with Crippen molar-refractivity contribution in [2.24, 2.45) is 0 Å². The van der Waals surface area contributed by atoms with Crippen LogP contribution in [0.15, 0.2) is 46.4 Å². The average molecular weight is 391 g/mol. The van der Waals surface area contributed by atoms with Crippen molar-refractivity contribution in [1.82, 2.24) is 10.3 Å². The number of carbonyl (C=O) groups is 1. The number of para-hydroxylation sites is 1. The van der Waals surface area contributed by atoms with E-state index in [1.165, 1.54) is 15.8 Å². The Balaban J connectivity index is 1.39. The number of aromatic nitrogens is 1. The molecule has 0 aliphatic carbocycles. The van der Waals surface area contributed by atoms with E-state index in [-0.39, 0.29) is 5.91 Å². The Labute approximate surface area is 148 Å². The van der Waals surface area contributed by atoms with Crippen molar-refractivity contribution in [2.75, 3.05) is 6.54 Å². The lowest BCUT2D eigenvalue weighted by atomic mass is 10.1. The zero-order valence-electron chi connectivity index (χ0n) is 12.8. The van der Waals surface area contributed by atoms with Crippen molar-refractivity contribution in [1.29, 1.82) is 0 Å². The standard InChI is InChI=1S/C18H19BrN2OS/c19-17-9-8-14(23-17)4-3-7-18(22)20-11-10-13-12-21-16-6-2-1-5-15(13)16/h1-2,5-6,8-9,12,21H,3-4,7,10-11H2,(H,20,22). The topological polar surface area (TPSA) is 44.9 Å². The summed E-state index contributed by atoms with van der Waals surface area (Å²) >= 11 is 5.20. The molecule has 0 saturated heterocycles. The lowest BCUT2D eigenvalue weighted by Crippen LogP contribution is -2.25. The first-order chi connectivity index (χ1) is 11.2. The van der Waals surface area contributed by atoms with Gasteiger partial charge in [0, 0.05) is 34.9 Å². The Kier molecular flexibility index (Phi) is 5.51. The third-order valence-corrected chi connectivity index (χ3v) is 5.53. The molecule has 3 nitrogen and oxygen atoms in total. The van der Waals surface area contributed by atoms with Crippen LogP contribution < -0.4 is 5.32 Å². The molecule has 0 fully saturated rings. The van der Waals surface area contributed by atoms with Gasteiger partial charge in [-0.25, -0.2) is 0 Å². The summed E-state index contributed by atoms with van der Waals surface area (Å²) in [5.41, 5.74) is 2.40. The Morgan fingerprint density at radius 2 is 2.04 bits per heavy atom. The highest BCUT2D eigenvalue weighted by atomic mass is 79.9. The van der Waals surface area contributed by atoms with E-state index >= 15 is 0 Å². The molecule has 0 spiro atoms. The smallest absolute Gasteiger partial charge is 0.220 e. The third kappa shape index (κ3) is 4.45. The summed E-state index contributed by atoms with van der Waals surface area (Å²) in [5.74, 6) is 0.139. The predicted octanol–water partition coefficient (Wildman–Crippen LogP) is 4.67. The van der Waals surface area contributed by atoms with Crippen LogP contribution in [0.3, 0.4) is 0 Å². The monoisotopic (exact) mass is 390 g/mol. The highest BCUT2D eigenvalue weighted by Gasteiger charge is 2.05. The number of amides is 1. The molecule has 0 saturated carbocycles. The van der Waals surface area contributed by atoms with Gasteiger partial charge in [0.15, 0.2) is 0 Å². The number of aromatic amines is 1. The van der Waals surface area contributed by atoms with Gasteiger partial charge in [0.25, 0.3) is 0 Å². The summed E-state index contributed by atoms with van der Waals surface area (Å²) < 4.78 is 1.15. The SMILES string of the molecule is O=C(CCCc1ccc(Br)s1)NCCc1c[nH]c2ccccc12. The van der Waals surface area contributed by atoms with Crippen LogP contribution in [-0.4, -0.2) is 17.4 Å². The molecular formula is C18H19BrN2OS. The fourth-order valence-corrected chi connectivity index (χ4v) is 4.20. The molecule has 23 heavy (non-hydrogen) atoms. The summed E-state index contributed by atoms with van der Waals surface area (Å²) in [7, 11) is 0. The Bertz CT molecular complexity index is 793. The van der Waals surface area contributed by atoms with Gasteiger partial charge >= 0.3 is 0 Å². The molecule has 0 radical (unpaired) electrons. The molecule has 2 aromatic heterocycles. The number of nitrogens with one attached hydrogen (secondary N) is 2. The van der Waals surface area contributed by atoms with Crippen LogP contribution in [0.2, 0.25) is 0 Å². The number of aryl methyl sites for hydroxylation is 1. The first-order valence-electron chi connectivity index (χ1n) is 7.78. The maximum absolute atomic E-state index is 11.9. The number of halogens is 1. The molecule has 0 aliphatic rings. The minimum atomic E-state index is 0.139. The van der Waals surface area contributed by atoms with E-state index in [1.807, 2.05) is 18.3 Å². The Morgan fingerprint density at radius 1 is 1.17 bits per heavy atom. The van der Waals surface area contributed by atoms with Crippen LogP contribution in [0.25, 0.3) is 10.9 Å². The molecule has 0 aliphatic heterocycles. The summed E-state index contributed by atoms with van der Waals surface area (Å²) in [6.45, 7) is 0.686. The van der Waals surface area contributed by atoms with Crippen molar-refractivity contribution in [3.05, 3.63) is 56.8 Å². The lowest BCUT2D eigenvalue weighted by Gasteiger charge is -2.04. The third-order valence-electron chi connectivity index (χ3n) is 3.85. The lowest BCUT2D eigenvalue weighted by molar-refractivity contribution is -0.121. The van der Waals surface area contributed by atoms with Crippen molar-refractivity contribution in [3.8, 4) is 0 Å². The summed E-state index contributed by atoms with van der Waals surface area (Å²) in [6.07, 6.45) is 5.33. The minimum absolute atomic E-state index is 0.139. The second kappa shape index (κ2) is 7.79. The number of carbonyl (C=O) groups excluding carboxylic acids is 1. The molecule has 2 N–H and O–H groups in total. The van der Waals surface area contributed by atoms with Gasteiger partial charge < -0.3 is 10.3 Å². The zero-order valence-corrected chi connectivity index (χ0v) is 15.2. The van der Waals surface area contributed by atoms with E-state index in [1.54, 1.807) is 11.3 Å². The normalized spacial score (nSPS) is 11.0. The van der Waals surface area contributed by atoms with Gasteiger partial charge in [0.2, 0.25) is 5.91 Å². The van der Waals surface area contributed by atoms with Crippen LogP contribution in [0.1, 0.15) is 23.3 Å². The molecule has 0 atom stereocenters. The second-order valence-electron chi connectivity index (χ2n) is 5.52. The van der Waals surface area contributed by atoms with E-state index < -0.39 is 0 Å². The second-order valence-corrected chi connectivity index (χ2v) is 8.07. The van der Waals surface area contributed by atoms with E-state index in [4.69, 9.17) is 0 Å². The van der Waals surface area contributed by atoms with Gasteiger partial charge in [-0.05, 0) is 59.0 Å². The highest BCUT2D eigenvalue weighted by Crippen LogP contribution is 2.23. The first-order valence-corrected chi connectivity index (χ1v) is 9.39. The molecule has 3 rings (SSSR count). The van der Waals surface area contributed by atoms with E-state index in [0.717, 1.165) is 28.6 Å². The van der Waals surface area contributed by atoms with Crippen molar-refractivity contribution < 1.29 is 4.79 Å². The average Bonchev–Trinajstić information content (AvgIpc) is 3.14. The zero-order chi connectivity index (χ0) is 16.1. The number of rotatable bonds is 7. The van der Waals surface area contributed by atoms with Crippen LogP contribution >= 0.6 is 27.3 Å². The summed E-state index contributed by atoms with van der Waals surface area (Å²) in [6, 6.07) is 12.4. The Hall–Kier alpha value is -1.59. The maximum Gasteiger partial charge on any atom is 0.220 e. The van der Waals surface area contributed by atoms with E-state index in [0.29, 0.717) is 13.0 Å². The van der Waals surface area contributed by atoms with Crippen LogP contribution in [0, 0.1) is 0 Å². The van der Waals surface area contributed by atoms with Gasteiger partial charge in [-0.2, -0.15) is 0 Å². The number of hydrogen-bond donors (Lipinski definition) is 2. The molecule has 2 heterocycles. The van der Waals surface area contributed by atoms with E-state index in [2.05, 4.69) is 50.5 Å². The summed E-state index contributed by atoms with van der Waals surface area (Å²) in [5, 5.41) is 4.26. The molecule has 3 aromatic rings. The quantitative estimate of drug-likeness (QED) is 0.604. The molecule has 120 valence electrons. The molecule has 1 aromatic carbocycles. The highest BCUT2D eigenvalue weighted by molar-refractivity contribution is 9.11. The van der Waals surface area contributed by atoms with Gasteiger partial charge in [0.1, 0.15) is 0 Å². The van der Waals surface area contributed by atoms with Crippen LogP contribution in [0.5, 0.6) is 0 Å². The fraction of sp³-hybridized carbons (Fsp3) is 0.278. The molecule has 5 heteroatoms. The molecule has 1 amide bonds. The van der Waals surface area contributed by atoms with Crippen molar-refractivity contribution in [2.45, 2.75) is 25.7 Å². The maximum atomic E-state index is 11.9.